The lowest BCUT2D eigenvalue weighted by atomic mass is 10.3. The molecule has 3 heterocycles. The Hall–Kier alpha value is -2.26. The van der Waals surface area contributed by atoms with Crippen molar-refractivity contribution >= 4 is 44.9 Å². The fourth-order valence-corrected chi connectivity index (χ4v) is 3.36. The first-order valence-electron chi connectivity index (χ1n) is 6.48. The second-order valence-electron chi connectivity index (χ2n) is 4.21. The van der Waals surface area contributed by atoms with Crippen LogP contribution in [0.3, 0.4) is 0 Å². The zero-order chi connectivity index (χ0) is 15.4. The van der Waals surface area contributed by atoms with Gasteiger partial charge in [-0.25, -0.2) is 19.7 Å². The van der Waals surface area contributed by atoms with Gasteiger partial charge in [-0.15, -0.1) is 22.7 Å². The van der Waals surface area contributed by atoms with Gasteiger partial charge in [-0.05, 0) is 11.4 Å². The first kappa shape index (κ1) is 14.7. The van der Waals surface area contributed by atoms with Gasteiger partial charge >= 0.3 is 6.09 Å². The Balaban J connectivity index is 1.78. The number of hydrogen-bond acceptors (Lipinski definition) is 8. The highest BCUT2D eigenvalue weighted by atomic mass is 32.1. The Kier molecular flexibility index (Phi) is 4.45. The lowest BCUT2D eigenvalue weighted by Crippen LogP contribution is -2.28. The van der Waals surface area contributed by atoms with E-state index in [1.165, 1.54) is 7.11 Å². The maximum atomic E-state index is 11.0. The maximum Gasteiger partial charge on any atom is 0.406 e. The van der Waals surface area contributed by atoms with Crippen molar-refractivity contribution in [2.75, 3.05) is 25.5 Å². The molecule has 3 aromatic rings. The van der Waals surface area contributed by atoms with Crippen molar-refractivity contribution in [3.05, 3.63) is 23.0 Å². The van der Waals surface area contributed by atoms with Crippen molar-refractivity contribution < 1.29 is 9.53 Å². The number of methoxy groups -OCH3 is 1. The zero-order valence-corrected chi connectivity index (χ0v) is 13.3. The topological polar surface area (TPSA) is 89.0 Å². The molecule has 0 atom stereocenters. The summed E-state index contributed by atoms with van der Waals surface area (Å²) < 4.78 is 5.52. The minimum atomic E-state index is -0.459. The first-order valence-corrected chi connectivity index (χ1v) is 8.24. The van der Waals surface area contributed by atoms with Crippen LogP contribution in [0.4, 0.5) is 10.7 Å². The molecule has 9 heteroatoms. The number of nitrogens with zero attached hydrogens (tertiary/aromatic N) is 3. The summed E-state index contributed by atoms with van der Waals surface area (Å²) in [6, 6.07) is 1.96. The highest BCUT2D eigenvalue weighted by Crippen LogP contribution is 2.32. The average Bonchev–Trinajstić information content (AvgIpc) is 3.21. The maximum absolute atomic E-state index is 11.0. The van der Waals surface area contributed by atoms with Gasteiger partial charge in [0.25, 0.3) is 0 Å². The van der Waals surface area contributed by atoms with E-state index < -0.39 is 6.09 Å². The second kappa shape index (κ2) is 6.67. The summed E-state index contributed by atoms with van der Waals surface area (Å²) in [7, 11) is 1.33. The molecule has 3 rings (SSSR count). The number of hydrogen-bond donors (Lipinski definition) is 2. The summed E-state index contributed by atoms with van der Waals surface area (Å²) >= 11 is 3.14. The molecule has 22 heavy (non-hydrogen) atoms. The van der Waals surface area contributed by atoms with Gasteiger partial charge < -0.3 is 15.4 Å². The number of carbonyl (C=O) groups is 1. The van der Waals surface area contributed by atoms with Crippen molar-refractivity contribution in [2.24, 2.45) is 0 Å². The average molecular weight is 335 g/mol. The molecule has 0 saturated carbocycles. The van der Waals surface area contributed by atoms with Gasteiger partial charge in [-0.3, -0.25) is 0 Å². The number of aromatic nitrogens is 3. The molecule has 0 radical (unpaired) electrons. The standard InChI is InChI=1S/C13H13N5O2S2/c1-20-13(19)16-4-3-15-12-17-8-2-6-21-10(8)9(18-12)11-14-5-7-22-11/h2,5-7H,3-4H2,1H3,(H,16,19)(H,15,17,18). The Morgan fingerprint density at radius 1 is 1.27 bits per heavy atom. The number of thiophene rings is 1. The number of carbonyl (C=O) groups excluding carboxylic acids is 1. The van der Waals surface area contributed by atoms with Gasteiger partial charge in [0.1, 0.15) is 10.7 Å². The molecule has 0 aliphatic rings. The van der Waals surface area contributed by atoms with Crippen LogP contribution in [-0.4, -0.2) is 41.2 Å². The predicted octanol–water partition coefficient (Wildman–Crippen LogP) is 2.58. The van der Waals surface area contributed by atoms with Gasteiger partial charge in [-0.1, -0.05) is 0 Å². The lowest BCUT2D eigenvalue weighted by molar-refractivity contribution is 0.171. The molecule has 114 valence electrons. The van der Waals surface area contributed by atoms with Gasteiger partial charge in [0, 0.05) is 24.7 Å². The second-order valence-corrected chi connectivity index (χ2v) is 6.02. The lowest BCUT2D eigenvalue weighted by Gasteiger charge is -2.07. The number of amides is 1. The molecule has 0 fully saturated rings. The van der Waals surface area contributed by atoms with E-state index in [-0.39, 0.29) is 0 Å². The molecule has 0 saturated heterocycles. The van der Waals surface area contributed by atoms with Crippen molar-refractivity contribution in [3.8, 4) is 10.7 Å². The summed E-state index contributed by atoms with van der Waals surface area (Å²) in [6.07, 6.45) is 1.30. The Morgan fingerprint density at radius 2 is 2.18 bits per heavy atom. The van der Waals surface area contributed by atoms with Crippen LogP contribution in [-0.2, 0) is 4.74 Å². The smallest absolute Gasteiger partial charge is 0.406 e. The third-order valence-corrected chi connectivity index (χ3v) is 4.49. The Labute approximate surface area is 134 Å². The van der Waals surface area contributed by atoms with Gasteiger partial charge in [0.05, 0.1) is 17.3 Å². The van der Waals surface area contributed by atoms with Crippen LogP contribution in [0.25, 0.3) is 20.9 Å². The largest absolute Gasteiger partial charge is 0.453 e. The van der Waals surface area contributed by atoms with Crippen LogP contribution < -0.4 is 10.6 Å². The van der Waals surface area contributed by atoms with E-state index in [4.69, 9.17) is 0 Å². The van der Waals surface area contributed by atoms with Crippen molar-refractivity contribution in [1.29, 1.82) is 0 Å². The van der Waals surface area contributed by atoms with E-state index >= 15 is 0 Å². The van der Waals surface area contributed by atoms with Crippen LogP contribution >= 0.6 is 22.7 Å². The fraction of sp³-hybridized carbons (Fsp3) is 0.231. The Morgan fingerprint density at radius 3 is 2.95 bits per heavy atom. The van der Waals surface area contributed by atoms with Crippen LogP contribution in [0.2, 0.25) is 0 Å². The summed E-state index contributed by atoms with van der Waals surface area (Å²) in [5.41, 5.74) is 1.71. The summed E-state index contributed by atoms with van der Waals surface area (Å²) in [4.78, 5) is 24.3. The number of anilines is 1. The summed E-state index contributed by atoms with van der Waals surface area (Å²) in [6.45, 7) is 0.923. The third-order valence-electron chi connectivity index (χ3n) is 2.80. The van der Waals surface area contributed by atoms with Gasteiger partial charge in [0.15, 0.2) is 0 Å². The molecule has 0 aromatic carbocycles. The molecule has 0 unspecified atom stereocenters. The van der Waals surface area contributed by atoms with Crippen LogP contribution in [0.15, 0.2) is 23.0 Å². The number of nitrogens with one attached hydrogen (secondary N) is 2. The summed E-state index contributed by atoms with van der Waals surface area (Å²) in [5.74, 6) is 0.516. The van der Waals surface area contributed by atoms with E-state index in [9.17, 15) is 4.79 Å². The predicted molar refractivity (Wildman–Crippen MR) is 87.4 cm³/mol. The monoisotopic (exact) mass is 335 g/mol. The number of thiazole rings is 1. The van der Waals surface area contributed by atoms with Gasteiger partial charge in [-0.2, -0.15) is 0 Å². The quantitative estimate of drug-likeness (QED) is 0.697. The number of alkyl carbamates (subject to hydrolysis) is 1. The van der Waals surface area contributed by atoms with Gasteiger partial charge in [0.2, 0.25) is 5.95 Å². The number of ether oxygens (including phenoxy) is 1. The number of fused-ring (bicyclic) bond motifs is 1. The normalized spacial score (nSPS) is 10.6. The number of rotatable bonds is 5. The minimum Gasteiger partial charge on any atom is -0.453 e. The molecule has 7 nitrogen and oxygen atoms in total. The van der Waals surface area contributed by atoms with Crippen molar-refractivity contribution in [1.82, 2.24) is 20.3 Å². The minimum absolute atomic E-state index is 0.421. The fourth-order valence-electron chi connectivity index (χ4n) is 1.84. The molecule has 1 amide bonds. The Bertz CT molecular complexity index is 772. The molecule has 0 bridgehead atoms. The zero-order valence-electron chi connectivity index (χ0n) is 11.7. The molecular weight excluding hydrogens is 322 g/mol. The molecular formula is C13H13N5O2S2. The SMILES string of the molecule is COC(=O)NCCNc1nc(-c2nccs2)c2sccc2n1. The van der Waals surface area contributed by atoms with E-state index in [2.05, 4.69) is 30.3 Å². The van der Waals surface area contributed by atoms with E-state index in [0.29, 0.717) is 19.0 Å². The highest BCUT2D eigenvalue weighted by Gasteiger charge is 2.12. The molecule has 0 aliphatic carbocycles. The van der Waals surface area contributed by atoms with Crippen LogP contribution in [0.1, 0.15) is 0 Å². The molecule has 3 aromatic heterocycles. The van der Waals surface area contributed by atoms with E-state index in [0.717, 1.165) is 20.9 Å². The molecule has 2 N–H and O–H groups in total. The van der Waals surface area contributed by atoms with Crippen LogP contribution in [0.5, 0.6) is 0 Å². The van der Waals surface area contributed by atoms with E-state index in [1.807, 2.05) is 16.8 Å². The molecule has 0 aliphatic heterocycles. The summed E-state index contributed by atoms with van der Waals surface area (Å²) in [5, 5.41) is 10.5. The third kappa shape index (κ3) is 3.15. The van der Waals surface area contributed by atoms with Crippen molar-refractivity contribution in [2.45, 2.75) is 0 Å². The van der Waals surface area contributed by atoms with Crippen LogP contribution in [0, 0.1) is 0 Å². The highest BCUT2D eigenvalue weighted by molar-refractivity contribution is 7.18. The molecule has 0 spiro atoms. The first-order chi connectivity index (χ1) is 10.8. The van der Waals surface area contributed by atoms with E-state index in [1.54, 1.807) is 28.9 Å². The van der Waals surface area contributed by atoms with Crippen molar-refractivity contribution in [3.63, 3.8) is 0 Å².